The van der Waals surface area contributed by atoms with Crippen molar-refractivity contribution in [3.05, 3.63) is 82.0 Å². The van der Waals surface area contributed by atoms with Crippen LogP contribution in [0, 0.1) is 6.92 Å². The Bertz CT molecular complexity index is 1510. The minimum atomic E-state index is -5.04. The van der Waals surface area contributed by atoms with Gasteiger partial charge in [-0.05, 0) is 47.9 Å². The van der Waals surface area contributed by atoms with Crippen molar-refractivity contribution in [2.24, 2.45) is 0 Å². The topological polar surface area (TPSA) is 79.4 Å². The largest absolute Gasteiger partial charge is 0.416 e. The third-order valence-electron chi connectivity index (χ3n) is 6.66. The summed E-state index contributed by atoms with van der Waals surface area (Å²) < 4.78 is 105. The summed E-state index contributed by atoms with van der Waals surface area (Å²) in [5.74, 6) is -0.664. The second kappa shape index (κ2) is 10.8. The molecule has 3 aromatic rings. The monoisotopic (exact) mass is 585 g/mol. The number of hydrogen-bond acceptors (Lipinski definition) is 5. The average molecular weight is 586 g/mol. The Balaban J connectivity index is 1.96. The highest BCUT2D eigenvalue weighted by Gasteiger charge is 2.37. The number of pyridine rings is 1. The quantitative estimate of drug-likeness (QED) is 0.413. The summed E-state index contributed by atoms with van der Waals surface area (Å²) in [5.41, 5.74) is -1.60. The van der Waals surface area contributed by atoms with Gasteiger partial charge in [0.15, 0.2) is 9.84 Å². The summed E-state index contributed by atoms with van der Waals surface area (Å²) in [5, 5.41) is 2.49. The number of amides is 1. The summed E-state index contributed by atoms with van der Waals surface area (Å²) in [6.07, 6.45) is -10.6. The predicted octanol–water partition coefficient (Wildman–Crippen LogP) is 5.28. The fourth-order valence-electron chi connectivity index (χ4n) is 4.60. The number of aryl methyl sites for hydroxylation is 1. The number of halogens is 6. The highest BCUT2D eigenvalue weighted by atomic mass is 32.2. The van der Waals surface area contributed by atoms with Crippen molar-refractivity contribution in [1.82, 2.24) is 10.3 Å². The van der Waals surface area contributed by atoms with E-state index >= 15 is 0 Å². The zero-order valence-electron chi connectivity index (χ0n) is 21.4. The Morgan fingerprint density at radius 2 is 1.50 bits per heavy atom. The van der Waals surface area contributed by atoms with Gasteiger partial charge in [-0.3, -0.25) is 4.79 Å². The number of carbonyl (C=O) groups excluding carboxylic acids is 1. The lowest BCUT2D eigenvalue weighted by atomic mass is 9.92. The first-order chi connectivity index (χ1) is 18.6. The number of nitrogens with zero attached hydrogens (tertiary/aromatic N) is 2. The molecule has 0 aliphatic carbocycles. The fourth-order valence-corrected chi connectivity index (χ4v) is 5.80. The van der Waals surface area contributed by atoms with Crippen LogP contribution < -0.4 is 10.2 Å². The summed E-state index contributed by atoms with van der Waals surface area (Å²) in [6.45, 7) is 1.96. The molecule has 0 saturated carbocycles. The van der Waals surface area contributed by atoms with Crippen LogP contribution in [0.15, 0.2) is 48.5 Å². The smallest absolute Gasteiger partial charge is 0.355 e. The first kappa shape index (κ1) is 29.4. The fraction of sp³-hybridized carbons (Fsp3) is 0.333. The maximum Gasteiger partial charge on any atom is 0.416 e. The van der Waals surface area contributed by atoms with Crippen LogP contribution in [-0.4, -0.2) is 51.0 Å². The van der Waals surface area contributed by atoms with Gasteiger partial charge in [0.2, 0.25) is 0 Å². The van der Waals surface area contributed by atoms with Crippen LogP contribution in [0.3, 0.4) is 0 Å². The van der Waals surface area contributed by atoms with Crippen LogP contribution in [0.4, 0.5) is 32.2 Å². The standard InChI is InChI=1S/C27H25F6N3O3S/c1-16-5-3-4-6-20(16)21-15-23(36-7-9-40(38,39)10-8-36)35-22(24(21)25(37)34-2)13-17-11-18(26(28,29)30)14-19(12-17)27(31,32)33/h3-6,11-12,14-15H,7-10,13H2,1-2H3,(H,34,37). The number of carbonyl (C=O) groups is 1. The number of hydrogen-bond donors (Lipinski definition) is 1. The number of nitrogens with one attached hydrogen (secondary N) is 1. The molecule has 2 aromatic carbocycles. The van der Waals surface area contributed by atoms with Crippen LogP contribution in [0.1, 0.15) is 38.3 Å². The molecule has 40 heavy (non-hydrogen) atoms. The first-order valence-electron chi connectivity index (χ1n) is 12.1. The molecule has 0 atom stereocenters. The Kier molecular flexibility index (Phi) is 7.90. The van der Waals surface area contributed by atoms with Gasteiger partial charge >= 0.3 is 12.4 Å². The summed E-state index contributed by atoms with van der Waals surface area (Å²) >= 11 is 0. The highest BCUT2D eigenvalue weighted by molar-refractivity contribution is 7.91. The van der Waals surface area contributed by atoms with E-state index in [2.05, 4.69) is 10.3 Å². The molecule has 6 nitrogen and oxygen atoms in total. The average Bonchev–Trinajstić information content (AvgIpc) is 2.87. The van der Waals surface area contributed by atoms with Crippen LogP contribution in [0.25, 0.3) is 11.1 Å². The van der Waals surface area contributed by atoms with E-state index in [-0.39, 0.29) is 53.3 Å². The number of aromatic nitrogens is 1. The van der Waals surface area contributed by atoms with Gasteiger partial charge in [0.05, 0.1) is 33.9 Å². The van der Waals surface area contributed by atoms with Crippen LogP contribution in [0.2, 0.25) is 0 Å². The van der Waals surface area contributed by atoms with Crippen molar-refractivity contribution >= 4 is 21.6 Å². The van der Waals surface area contributed by atoms with Crippen LogP contribution >= 0.6 is 0 Å². The molecule has 1 saturated heterocycles. The van der Waals surface area contributed by atoms with E-state index in [0.29, 0.717) is 23.3 Å². The number of rotatable bonds is 5. The predicted molar refractivity (Wildman–Crippen MR) is 138 cm³/mol. The second-order valence-corrected chi connectivity index (χ2v) is 11.8. The molecule has 1 aliphatic rings. The molecular formula is C27H25F6N3O3S. The molecule has 1 aliphatic heterocycles. The molecule has 0 spiro atoms. The van der Waals surface area contributed by atoms with Crippen molar-refractivity contribution in [3.63, 3.8) is 0 Å². The molecule has 1 N–H and O–H groups in total. The lowest BCUT2D eigenvalue weighted by molar-refractivity contribution is -0.143. The summed E-state index contributed by atoms with van der Waals surface area (Å²) in [7, 11) is -1.91. The van der Waals surface area contributed by atoms with E-state index in [1.54, 1.807) is 42.2 Å². The van der Waals surface area contributed by atoms with E-state index in [4.69, 9.17) is 0 Å². The van der Waals surface area contributed by atoms with Gasteiger partial charge in [0.25, 0.3) is 5.91 Å². The van der Waals surface area contributed by atoms with Crippen molar-refractivity contribution in [2.45, 2.75) is 25.7 Å². The lowest BCUT2D eigenvalue weighted by Gasteiger charge is -2.29. The molecule has 4 rings (SSSR count). The molecular weight excluding hydrogens is 560 g/mol. The van der Waals surface area contributed by atoms with Crippen molar-refractivity contribution in [2.75, 3.05) is 36.5 Å². The Hall–Kier alpha value is -3.61. The van der Waals surface area contributed by atoms with E-state index in [1.807, 2.05) is 0 Å². The van der Waals surface area contributed by atoms with E-state index in [1.165, 1.54) is 7.05 Å². The molecule has 2 heterocycles. The normalized spacial score (nSPS) is 15.7. The second-order valence-electron chi connectivity index (χ2n) is 9.47. The van der Waals surface area contributed by atoms with E-state index in [0.717, 1.165) is 5.56 Å². The third kappa shape index (κ3) is 6.40. The molecule has 0 unspecified atom stereocenters. The van der Waals surface area contributed by atoms with Gasteiger partial charge in [-0.15, -0.1) is 0 Å². The van der Waals surface area contributed by atoms with Crippen molar-refractivity contribution in [1.29, 1.82) is 0 Å². The molecule has 1 amide bonds. The van der Waals surface area contributed by atoms with E-state index in [9.17, 15) is 39.6 Å². The zero-order chi connectivity index (χ0) is 29.5. The minimum Gasteiger partial charge on any atom is -0.355 e. The molecule has 1 fully saturated rings. The number of anilines is 1. The maximum absolute atomic E-state index is 13.5. The first-order valence-corrected chi connectivity index (χ1v) is 14.0. The van der Waals surface area contributed by atoms with Gasteiger partial charge in [0, 0.05) is 32.1 Å². The van der Waals surface area contributed by atoms with Gasteiger partial charge in [-0.2, -0.15) is 26.3 Å². The van der Waals surface area contributed by atoms with E-state index < -0.39 is 45.6 Å². The van der Waals surface area contributed by atoms with Gasteiger partial charge in [-0.25, -0.2) is 13.4 Å². The SMILES string of the molecule is CNC(=O)c1c(-c2ccccc2C)cc(N2CCS(=O)(=O)CC2)nc1Cc1cc(C(F)(F)F)cc(C(F)(F)F)c1. The molecule has 1 aromatic heterocycles. The van der Waals surface area contributed by atoms with Crippen molar-refractivity contribution < 1.29 is 39.6 Å². The van der Waals surface area contributed by atoms with Gasteiger partial charge < -0.3 is 10.2 Å². The number of sulfone groups is 1. The molecule has 214 valence electrons. The Morgan fingerprint density at radius 1 is 0.925 bits per heavy atom. The summed E-state index contributed by atoms with van der Waals surface area (Å²) in [6, 6.07) is 9.89. The summed E-state index contributed by atoms with van der Waals surface area (Å²) in [4.78, 5) is 19.3. The zero-order valence-corrected chi connectivity index (χ0v) is 22.3. The van der Waals surface area contributed by atoms with Gasteiger partial charge in [-0.1, -0.05) is 24.3 Å². The number of alkyl halides is 6. The highest BCUT2D eigenvalue weighted by Crippen LogP contribution is 2.38. The number of benzene rings is 2. The third-order valence-corrected chi connectivity index (χ3v) is 8.27. The Morgan fingerprint density at radius 3 is 2.02 bits per heavy atom. The Labute approximate surface area is 226 Å². The van der Waals surface area contributed by atoms with Crippen LogP contribution in [-0.2, 0) is 28.6 Å². The lowest BCUT2D eigenvalue weighted by Crippen LogP contribution is -2.41. The molecule has 0 radical (unpaired) electrons. The minimum absolute atomic E-state index is 0.00356. The van der Waals surface area contributed by atoms with Crippen LogP contribution in [0.5, 0.6) is 0 Å². The van der Waals surface area contributed by atoms with Crippen molar-refractivity contribution in [3.8, 4) is 11.1 Å². The molecule has 0 bridgehead atoms. The molecule has 13 heteroatoms. The maximum atomic E-state index is 13.5. The van der Waals surface area contributed by atoms with Gasteiger partial charge in [0.1, 0.15) is 5.82 Å².